The Labute approximate surface area is 192 Å². The van der Waals surface area contributed by atoms with Gasteiger partial charge in [-0.05, 0) is 54.1 Å². The first-order chi connectivity index (χ1) is 15.7. The fourth-order valence-electron chi connectivity index (χ4n) is 3.60. The van der Waals surface area contributed by atoms with E-state index in [2.05, 4.69) is 11.2 Å². The number of nitrogens with zero attached hydrogens (tertiary/aromatic N) is 1. The SMILES string of the molecule is CCC(C)Oc1ccc(/C=C/c2ccc3c4c(cccc24)C(=O)N(OS(C)(=O)=O)C3=O)cc1. The summed E-state index contributed by atoms with van der Waals surface area (Å²) in [5.41, 5.74) is 2.18. The van der Waals surface area contributed by atoms with Crippen LogP contribution in [-0.4, -0.2) is 37.7 Å². The molecular formula is C25H23NO6S. The summed E-state index contributed by atoms with van der Waals surface area (Å²) in [6.07, 6.45) is 5.69. The van der Waals surface area contributed by atoms with Crippen molar-refractivity contribution in [1.29, 1.82) is 0 Å². The van der Waals surface area contributed by atoms with Crippen LogP contribution in [0.15, 0.2) is 54.6 Å². The molecule has 1 aliphatic heterocycles. The third-order valence-electron chi connectivity index (χ3n) is 5.36. The maximum Gasteiger partial charge on any atom is 0.286 e. The van der Waals surface area contributed by atoms with Crippen molar-refractivity contribution in [2.24, 2.45) is 0 Å². The lowest BCUT2D eigenvalue weighted by Gasteiger charge is -2.25. The third kappa shape index (κ3) is 4.67. The van der Waals surface area contributed by atoms with E-state index >= 15 is 0 Å². The Bertz CT molecular complexity index is 1350. The van der Waals surface area contributed by atoms with Crippen molar-refractivity contribution in [1.82, 2.24) is 5.06 Å². The van der Waals surface area contributed by atoms with Crippen molar-refractivity contribution in [3.8, 4) is 5.75 Å². The lowest BCUT2D eigenvalue weighted by atomic mass is 9.92. The molecule has 8 heteroatoms. The second kappa shape index (κ2) is 8.80. The zero-order valence-corrected chi connectivity index (χ0v) is 19.3. The van der Waals surface area contributed by atoms with Gasteiger partial charge in [0.05, 0.1) is 23.5 Å². The van der Waals surface area contributed by atoms with Gasteiger partial charge in [0.15, 0.2) is 0 Å². The summed E-state index contributed by atoms with van der Waals surface area (Å²) in [6, 6.07) is 16.1. The molecule has 7 nitrogen and oxygen atoms in total. The van der Waals surface area contributed by atoms with Crippen LogP contribution in [0.1, 0.15) is 52.1 Å². The number of amides is 2. The molecule has 0 aromatic heterocycles. The Balaban J connectivity index is 1.68. The first-order valence-electron chi connectivity index (χ1n) is 10.5. The number of hydrogen-bond acceptors (Lipinski definition) is 6. The fourth-order valence-corrected chi connectivity index (χ4v) is 4.01. The molecule has 0 aliphatic carbocycles. The summed E-state index contributed by atoms with van der Waals surface area (Å²) in [5, 5.41) is 1.48. The summed E-state index contributed by atoms with van der Waals surface area (Å²) in [5.74, 6) is -0.830. The molecule has 0 spiro atoms. The molecule has 4 rings (SSSR count). The van der Waals surface area contributed by atoms with Gasteiger partial charge in [0.25, 0.3) is 21.9 Å². The van der Waals surface area contributed by atoms with Gasteiger partial charge < -0.3 is 4.74 Å². The van der Waals surface area contributed by atoms with Gasteiger partial charge in [0, 0.05) is 5.39 Å². The Morgan fingerprint density at radius 1 is 0.939 bits per heavy atom. The normalized spacial score (nSPS) is 14.8. The highest BCUT2D eigenvalue weighted by molar-refractivity contribution is 7.85. The number of hydroxylamine groups is 2. The predicted molar refractivity (Wildman–Crippen MR) is 126 cm³/mol. The van der Waals surface area contributed by atoms with E-state index in [1.807, 2.05) is 49.4 Å². The molecule has 1 aliphatic rings. The lowest BCUT2D eigenvalue weighted by Crippen LogP contribution is -2.41. The Morgan fingerprint density at radius 3 is 2.24 bits per heavy atom. The molecule has 0 radical (unpaired) electrons. The van der Waals surface area contributed by atoms with Gasteiger partial charge in [0.2, 0.25) is 0 Å². The lowest BCUT2D eigenvalue weighted by molar-refractivity contribution is -0.0149. The Hall–Kier alpha value is -3.49. The first kappa shape index (κ1) is 22.7. The van der Waals surface area contributed by atoms with Crippen LogP contribution in [0.25, 0.3) is 22.9 Å². The summed E-state index contributed by atoms with van der Waals surface area (Å²) in [6.45, 7) is 4.09. The molecule has 1 unspecified atom stereocenters. The van der Waals surface area contributed by atoms with Crippen molar-refractivity contribution < 1.29 is 27.0 Å². The van der Waals surface area contributed by atoms with Gasteiger partial charge >= 0.3 is 0 Å². The van der Waals surface area contributed by atoms with Crippen molar-refractivity contribution in [2.45, 2.75) is 26.4 Å². The van der Waals surface area contributed by atoms with E-state index in [9.17, 15) is 18.0 Å². The highest BCUT2D eigenvalue weighted by Crippen LogP contribution is 2.33. The minimum Gasteiger partial charge on any atom is -0.491 e. The third-order valence-corrected chi connectivity index (χ3v) is 5.78. The second-order valence-electron chi connectivity index (χ2n) is 7.85. The topological polar surface area (TPSA) is 90.0 Å². The number of carbonyl (C=O) groups excluding carboxylic acids is 2. The molecular weight excluding hydrogens is 442 g/mol. The molecule has 0 saturated carbocycles. The van der Waals surface area contributed by atoms with Crippen LogP contribution in [-0.2, 0) is 14.4 Å². The van der Waals surface area contributed by atoms with Crippen LogP contribution >= 0.6 is 0 Å². The molecule has 0 saturated heterocycles. The van der Waals surface area contributed by atoms with Crippen LogP contribution in [0.5, 0.6) is 5.75 Å². The zero-order chi connectivity index (χ0) is 23.8. The minimum atomic E-state index is -4.06. The molecule has 1 atom stereocenters. The van der Waals surface area contributed by atoms with Crippen molar-refractivity contribution in [2.75, 3.05) is 6.26 Å². The summed E-state index contributed by atoms with van der Waals surface area (Å²) < 4.78 is 33.5. The van der Waals surface area contributed by atoms with E-state index in [0.717, 1.165) is 29.6 Å². The van der Waals surface area contributed by atoms with Gasteiger partial charge in [-0.25, -0.2) is 0 Å². The van der Waals surface area contributed by atoms with Gasteiger partial charge in [-0.3, -0.25) is 9.59 Å². The number of ether oxygens (including phenoxy) is 1. The number of rotatable bonds is 7. The number of hydrogen-bond donors (Lipinski definition) is 0. The first-order valence-corrected chi connectivity index (χ1v) is 12.3. The number of carbonyl (C=O) groups is 2. The Kier molecular flexibility index (Phi) is 6.05. The predicted octanol–water partition coefficient (Wildman–Crippen LogP) is 4.67. The van der Waals surface area contributed by atoms with Crippen molar-refractivity contribution >= 4 is 44.9 Å². The highest BCUT2D eigenvalue weighted by atomic mass is 32.2. The molecule has 33 heavy (non-hydrogen) atoms. The van der Waals surface area contributed by atoms with E-state index < -0.39 is 21.9 Å². The van der Waals surface area contributed by atoms with Gasteiger partial charge in [-0.1, -0.05) is 49.4 Å². The summed E-state index contributed by atoms with van der Waals surface area (Å²) in [7, 11) is -4.06. The van der Waals surface area contributed by atoms with E-state index in [1.165, 1.54) is 0 Å². The second-order valence-corrected chi connectivity index (χ2v) is 9.41. The van der Waals surface area contributed by atoms with Gasteiger partial charge in [-0.2, -0.15) is 8.42 Å². The fraction of sp³-hybridized carbons (Fsp3) is 0.200. The number of benzene rings is 3. The quantitative estimate of drug-likeness (QED) is 0.372. The van der Waals surface area contributed by atoms with Crippen molar-refractivity contribution in [3.63, 3.8) is 0 Å². The average Bonchev–Trinajstić information content (AvgIpc) is 2.79. The largest absolute Gasteiger partial charge is 0.491 e. The maximum absolute atomic E-state index is 12.8. The van der Waals surface area contributed by atoms with E-state index in [4.69, 9.17) is 4.74 Å². The standard InChI is InChI=1S/C25H23NO6S/c1-4-16(2)31-19-13-9-17(10-14-19)8-11-18-12-15-22-23-20(18)6-5-7-21(23)24(27)26(25(22)28)32-33(3,29)30/h5-16H,4H2,1-3H3/b11-8+. The smallest absolute Gasteiger partial charge is 0.286 e. The molecule has 0 fully saturated rings. The van der Waals surface area contributed by atoms with E-state index in [-0.39, 0.29) is 17.2 Å². The summed E-state index contributed by atoms with van der Waals surface area (Å²) >= 11 is 0. The molecule has 0 bridgehead atoms. The highest BCUT2D eigenvalue weighted by Gasteiger charge is 2.36. The van der Waals surface area contributed by atoms with Gasteiger partial charge in [-0.15, -0.1) is 9.35 Å². The zero-order valence-electron chi connectivity index (χ0n) is 18.4. The molecule has 1 heterocycles. The molecule has 3 aromatic carbocycles. The van der Waals surface area contributed by atoms with Crippen LogP contribution in [0.3, 0.4) is 0 Å². The average molecular weight is 466 g/mol. The van der Waals surface area contributed by atoms with Crippen LogP contribution < -0.4 is 4.74 Å². The van der Waals surface area contributed by atoms with Crippen LogP contribution in [0.2, 0.25) is 0 Å². The maximum atomic E-state index is 12.8. The molecule has 0 N–H and O–H groups in total. The van der Waals surface area contributed by atoms with Gasteiger partial charge in [0.1, 0.15) is 5.75 Å². The summed E-state index contributed by atoms with van der Waals surface area (Å²) in [4.78, 5) is 25.6. The van der Waals surface area contributed by atoms with Crippen LogP contribution in [0.4, 0.5) is 0 Å². The monoisotopic (exact) mass is 465 g/mol. The van der Waals surface area contributed by atoms with Crippen molar-refractivity contribution in [3.05, 3.63) is 76.9 Å². The Morgan fingerprint density at radius 2 is 1.61 bits per heavy atom. The van der Waals surface area contributed by atoms with Crippen LogP contribution in [0, 0.1) is 0 Å². The number of imide groups is 1. The minimum absolute atomic E-state index is 0.146. The molecule has 3 aromatic rings. The van der Waals surface area contributed by atoms with E-state index in [1.54, 1.807) is 24.3 Å². The van der Waals surface area contributed by atoms with E-state index in [0.29, 0.717) is 15.8 Å². The molecule has 2 amide bonds. The molecule has 170 valence electrons.